The molecule has 5 heteroatoms. The van der Waals surface area contributed by atoms with Gasteiger partial charge in [0.15, 0.2) is 5.78 Å². The van der Waals surface area contributed by atoms with Crippen molar-refractivity contribution in [2.45, 2.75) is 6.10 Å². The standard InChI is InChI=1S/C14H19NO4/c1-18-12-4-2-11(3-5-12)14(17)9-15-6-7-19-13(8-15)10-16/h2-5,13,16H,6-10H2,1H3. The fourth-order valence-corrected chi connectivity index (χ4v) is 2.11. The number of hydrogen-bond acceptors (Lipinski definition) is 5. The van der Waals surface area contributed by atoms with Crippen molar-refractivity contribution in [3.05, 3.63) is 29.8 Å². The minimum atomic E-state index is -0.183. The molecule has 1 aromatic rings. The lowest BCUT2D eigenvalue weighted by Gasteiger charge is -2.31. The molecule has 1 saturated heterocycles. The predicted octanol–water partition coefficient (Wildman–Crippen LogP) is 0.571. The monoisotopic (exact) mass is 265 g/mol. The SMILES string of the molecule is COc1ccc(C(=O)CN2CCOC(CO)C2)cc1. The average molecular weight is 265 g/mol. The second-order valence-corrected chi connectivity index (χ2v) is 4.56. The number of benzene rings is 1. The van der Waals surface area contributed by atoms with Gasteiger partial charge in [-0.3, -0.25) is 9.69 Å². The first-order valence-electron chi connectivity index (χ1n) is 6.35. The van der Waals surface area contributed by atoms with Crippen LogP contribution in [0.4, 0.5) is 0 Å². The summed E-state index contributed by atoms with van der Waals surface area (Å²) in [5, 5.41) is 9.07. The van der Waals surface area contributed by atoms with E-state index in [1.165, 1.54) is 0 Å². The Morgan fingerprint density at radius 3 is 2.84 bits per heavy atom. The Labute approximate surface area is 112 Å². The number of carbonyl (C=O) groups is 1. The second-order valence-electron chi connectivity index (χ2n) is 4.56. The zero-order valence-corrected chi connectivity index (χ0v) is 11.0. The number of rotatable bonds is 5. The van der Waals surface area contributed by atoms with Crippen LogP contribution in [0.5, 0.6) is 5.75 Å². The zero-order chi connectivity index (χ0) is 13.7. The molecule has 1 heterocycles. The van der Waals surface area contributed by atoms with E-state index in [-0.39, 0.29) is 18.5 Å². The summed E-state index contributed by atoms with van der Waals surface area (Å²) in [4.78, 5) is 14.1. The highest BCUT2D eigenvalue weighted by Gasteiger charge is 2.21. The van der Waals surface area contributed by atoms with Crippen molar-refractivity contribution in [3.63, 3.8) is 0 Å². The van der Waals surface area contributed by atoms with E-state index in [0.29, 0.717) is 25.3 Å². The number of nitrogens with zero attached hydrogens (tertiary/aromatic N) is 1. The fourth-order valence-electron chi connectivity index (χ4n) is 2.11. The van der Waals surface area contributed by atoms with E-state index in [0.717, 1.165) is 12.3 Å². The molecule has 1 aliphatic heterocycles. The minimum Gasteiger partial charge on any atom is -0.497 e. The lowest BCUT2D eigenvalue weighted by molar-refractivity contribution is -0.0503. The number of ketones is 1. The van der Waals surface area contributed by atoms with Crippen LogP contribution in [0.25, 0.3) is 0 Å². The third-order valence-electron chi connectivity index (χ3n) is 3.21. The van der Waals surface area contributed by atoms with Gasteiger partial charge in [0.1, 0.15) is 5.75 Å². The lowest BCUT2D eigenvalue weighted by Crippen LogP contribution is -2.45. The first kappa shape index (κ1) is 14.0. The molecule has 0 aliphatic carbocycles. The molecule has 1 fully saturated rings. The summed E-state index contributed by atoms with van der Waals surface area (Å²) >= 11 is 0. The minimum absolute atomic E-state index is 0.00672. The third-order valence-corrected chi connectivity index (χ3v) is 3.21. The van der Waals surface area contributed by atoms with Crippen molar-refractivity contribution in [2.75, 3.05) is 40.0 Å². The van der Waals surface area contributed by atoms with E-state index in [1.54, 1.807) is 31.4 Å². The lowest BCUT2D eigenvalue weighted by atomic mass is 10.1. The topological polar surface area (TPSA) is 59.0 Å². The highest BCUT2D eigenvalue weighted by Crippen LogP contribution is 2.13. The molecule has 0 aromatic heterocycles. The Bertz CT molecular complexity index is 418. The molecule has 2 rings (SSSR count). The van der Waals surface area contributed by atoms with Gasteiger partial charge in [0.2, 0.25) is 0 Å². The number of Topliss-reactive ketones (excluding diaryl/α,β-unsaturated/α-hetero) is 1. The summed E-state index contributed by atoms with van der Waals surface area (Å²) < 4.78 is 10.4. The second kappa shape index (κ2) is 6.65. The van der Waals surface area contributed by atoms with Gasteiger partial charge >= 0.3 is 0 Å². The normalized spacial score (nSPS) is 20.2. The Morgan fingerprint density at radius 1 is 1.47 bits per heavy atom. The molecule has 1 atom stereocenters. The maximum atomic E-state index is 12.1. The van der Waals surface area contributed by atoms with Crippen LogP contribution >= 0.6 is 0 Å². The van der Waals surface area contributed by atoms with Crippen LogP contribution < -0.4 is 4.74 Å². The van der Waals surface area contributed by atoms with Crippen molar-refractivity contribution in [3.8, 4) is 5.75 Å². The highest BCUT2D eigenvalue weighted by atomic mass is 16.5. The molecule has 0 saturated carbocycles. The van der Waals surface area contributed by atoms with Gasteiger partial charge in [-0.05, 0) is 24.3 Å². The number of methoxy groups -OCH3 is 1. The van der Waals surface area contributed by atoms with E-state index in [4.69, 9.17) is 14.6 Å². The molecule has 1 aromatic carbocycles. The molecule has 1 N–H and O–H groups in total. The van der Waals surface area contributed by atoms with Gasteiger partial charge in [0.25, 0.3) is 0 Å². The summed E-state index contributed by atoms with van der Waals surface area (Å²) in [6.45, 7) is 2.22. The molecular weight excluding hydrogens is 246 g/mol. The summed E-state index contributed by atoms with van der Waals surface area (Å²) in [5.74, 6) is 0.810. The summed E-state index contributed by atoms with van der Waals surface area (Å²) in [5.41, 5.74) is 0.674. The van der Waals surface area contributed by atoms with Gasteiger partial charge < -0.3 is 14.6 Å². The zero-order valence-electron chi connectivity index (χ0n) is 11.0. The van der Waals surface area contributed by atoms with E-state index in [2.05, 4.69) is 0 Å². The van der Waals surface area contributed by atoms with Crippen molar-refractivity contribution < 1.29 is 19.4 Å². The molecular formula is C14H19NO4. The van der Waals surface area contributed by atoms with E-state index < -0.39 is 0 Å². The van der Waals surface area contributed by atoms with Crippen LogP contribution in [0, 0.1) is 0 Å². The number of aliphatic hydroxyl groups excluding tert-OH is 1. The number of morpholine rings is 1. The third kappa shape index (κ3) is 3.76. The maximum absolute atomic E-state index is 12.1. The largest absolute Gasteiger partial charge is 0.497 e. The molecule has 0 amide bonds. The maximum Gasteiger partial charge on any atom is 0.176 e. The van der Waals surface area contributed by atoms with Crippen molar-refractivity contribution in [2.24, 2.45) is 0 Å². The smallest absolute Gasteiger partial charge is 0.176 e. The molecule has 19 heavy (non-hydrogen) atoms. The first-order chi connectivity index (χ1) is 9.22. The number of hydrogen-bond donors (Lipinski definition) is 1. The number of aliphatic hydroxyl groups is 1. The number of ether oxygens (including phenoxy) is 2. The Hall–Kier alpha value is -1.43. The van der Waals surface area contributed by atoms with Gasteiger partial charge in [-0.1, -0.05) is 0 Å². The fraction of sp³-hybridized carbons (Fsp3) is 0.500. The Kier molecular flexibility index (Phi) is 4.90. The van der Waals surface area contributed by atoms with Crippen molar-refractivity contribution in [1.82, 2.24) is 4.90 Å². The van der Waals surface area contributed by atoms with Crippen LogP contribution in [-0.2, 0) is 4.74 Å². The quantitative estimate of drug-likeness (QED) is 0.789. The van der Waals surface area contributed by atoms with Crippen molar-refractivity contribution >= 4 is 5.78 Å². The highest BCUT2D eigenvalue weighted by molar-refractivity contribution is 5.97. The van der Waals surface area contributed by atoms with Crippen LogP contribution in [0.2, 0.25) is 0 Å². The van der Waals surface area contributed by atoms with E-state index in [9.17, 15) is 4.79 Å². The van der Waals surface area contributed by atoms with Gasteiger partial charge in [0, 0.05) is 18.7 Å². The molecule has 1 unspecified atom stereocenters. The molecule has 0 radical (unpaired) electrons. The Balaban J connectivity index is 1.92. The predicted molar refractivity (Wildman–Crippen MR) is 70.6 cm³/mol. The van der Waals surface area contributed by atoms with Gasteiger partial charge in [0.05, 0.1) is 33.0 Å². The number of carbonyl (C=O) groups excluding carboxylic acids is 1. The molecule has 104 valence electrons. The van der Waals surface area contributed by atoms with Crippen LogP contribution in [0.3, 0.4) is 0 Å². The average Bonchev–Trinajstić information content (AvgIpc) is 2.47. The Morgan fingerprint density at radius 2 is 2.21 bits per heavy atom. The van der Waals surface area contributed by atoms with Gasteiger partial charge in [-0.25, -0.2) is 0 Å². The first-order valence-corrected chi connectivity index (χ1v) is 6.35. The molecule has 5 nitrogen and oxygen atoms in total. The van der Waals surface area contributed by atoms with Crippen molar-refractivity contribution in [1.29, 1.82) is 0 Å². The molecule has 0 bridgehead atoms. The van der Waals surface area contributed by atoms with Crippen LogP contribution in [0.15, 0.2) is 24.3 Å². The van der Waals surface area contributed by atoms with E-state index >= 15 is 0 Å². The van der Waals surface area contributed by atoms with Crippen LogP contribution in [0.1, 0.15) is 10.4 Å². The van der Waals surface area contributed by atoms with Gasteiger partial charge in [-0.15, -0.1) is 0 Å². The summed E-state index contributed by atoms with van der Waals surface area (Å²) in [6.07, 6.45) is -0.183. The van der Waals surface area contributed by atoms with Crippen LogP contribution in [-0.4, -0.2) is 61.9 Å². The molecule has 0 spiro atoms. The van der Waals surface area contributed by atoms with E-state index in [1.807, 2.05) is 4.90 Å². The molecule has 1 aliphatic rings. The summed E-state index contributed by atoms with van der Waals surface area (Å²) in [6, 6.07) is 7.10. The van der Waals surface area contributed by atoms with Gasteiger partial charge in [-0.2, -0.15) is 0 Å². The summed E-state index contributed by atoms with van der Waals surface area (Å²) in [7, 11) is 1.60.